The zero-order chi connectivity index (χ0) is 42.5. The number of ether oxygens (including phenoxy) is 5. The lowest BCUT2D eigenvalue weighted by molar-refractivity contribution is -0.384. The number of carbonyl (C=O) groups excluding carboxylic acids is 3. The quantitative estimate of drug-likeness (QED) is 0.0602. The number of hydrogen-bond acceptors (Lipinski definition) is 12. The van der Waals surface area contributed by atoms with E-state index in [9.17, 15) is 24.5 Å². The highest BCUT2D eigenvalue weighted by Crippen LogP contribution is 2.40. The van der Waals surface area contributed by atoms with Gasteiger partial charge in [0.2, 0.25) is 5.88 Å². The van der Waals surface area contributed by atoms with Crippen LogP contribution in [-0.4, -0.2) is 73.9 Å². The first-order valence-electron chi connectivity index (χ1n) is 18.5. The number of alkyl halides is 2. The van der Waals surface area contributed by atoms with E-state index in [-0.39, 0.29) is 28.9 Å². The van der Waals surface area contributed by atoms with E-state index >= 15 is 8.78 Å². The smallest absolute Gasteiger partial charge is 0.471 e. The number of alkyl carbamates (subject to hydrolysis) is 1. The van der Waals surface area contributed by atoms with E-state index < -0.39 is 71.1 Å². The van der Waals surface area contributed by atoms with Crippen molar-refractivity contribution in [3.8, 4) is 11.6 Å². The molecule has 2 amide bonds. The van der Waals surface area contributed by atoms with E-state index in [1.54, 1.807) is 52.3 Å². The van der Waals surface area contributed by atoms with Crippen molar-refractivity contribution in [1.82, 2.24) is 20.1 Å². The fraction of sp³-hybridized carbons (Fsp3) is 0.564. The second-order valence-corrected chi connectivity index (χ2v) is 16.9. The van der Waals surface area contributed by atoms with E-state index in [0.717, 1.165) is 0 Å². The van der Waals surface area contributed by atoms with E-state index in [2.05, 4.69) is 10.3 Å². The van der Waals surface area contributed by atoms with Crippen LogP contribution in [0, 0.1) is 10.1 Å². The van der Waals surface area contributed by atoms with Crippen molar-refractivity contribution >= 4 is 35.5 Å². The van der Waals surface area contributed by atoms with E-state index in [0.29, 0.717) is 30.8 Å². The summed E-state index contributed by atoms with van der Waals surface area (Å²) in [6, 6.07) is 8.69. The molecule has 0 saturated heterocycles. The number of aromatic nitrogens is 3. The van der Waals surface area contributed by atoms with Gasteiger partial charge in [-0.15, -0.1) is 0 Å². The molecule has 1 saturated carbocycles. The van der Waals surface area contributed by atoms with Gasteiger partial charge in [-0.2, -0.15) is 5.10 Å². The molecule has 57 heavy (non-hydrogen) atoms. The van der Waals surface area contributed by atoms with Gasteiger partial charge in [0.25, 0.3) is 11.6 Å². The maximum absolute atomic E-state index is 15.1. The van der Waals surface area contributed by atoms with Crippen LogP contribution < -0.4 is 19.7 Å². The molecule has 18 heteroatoms. The van der Waals surface area contributed by atoms with Crippen molar-refractivity contribution in [3.05, 3.63) is 64.5 Å². The number of pyridine rings is 1. The van der Waals surface area contributed by atoms with Crippen LogP contribution in [0.4, 0.5) is 40.4 Å². The lowest BCUT2D eigenvalue weighted by Crippen LogP contribution is -2.41. The number of halogens is 2. The molecular weight excluding hydrogens is 750 g/mol. The van der Waals surface area contributed by atoms with Crippen LogP contribution >= 0.6 is 0 Å². The van der Waals surface area contributed by atoms with E-state index in [1.807, 2.05) is 20.8 Å². The molecule has 1 N–H and O–H groups in total. The molecule has 2 aromatic heterocycles. The predicted octanol–water partition coefficient (Wildman–Crippen LogP) is 9.18. The molecule has 1 aromatic carbocycles. The van der Waals surface area contributed by atoms with Crippen molar-refractivity contribution in [2.24, 2.45) is 0 Å². The Bertz CT molecular complexity index is 1900. The van der Waals surface area contributed by atoms with Gasteiger partial charge in [0.1, 0.15) is 28.9 Å². The summed E-state index contributed by atoms with van der Waals surface area (Å²) in [6.45, 7) is 16.2. The third kappa shape index (κ3) is 13.3. The number of rotatable bonds is 12. The molecule has 3 aromatic rings. The summed E-state index contributed by atoms with van der Waals surface area (Å²) in [5, 5.41) is 18.2. The zero-order valence-corrected chi connectivity index (χ0v) is 34.0. The largest absolute Gasteiger partial charge is 0.514 e. The van der Waals surface area contributed by atoms with E-state index in [4.69, 9.17) is 28.8 Å². The Labute approximate surface area is 330 Å². The van der Waals surface area contributed by atoms with Crippen LogP contribution in [0.1, 0.15) is 107 Å². The summed E-state index contributed by atoms with van der Waals surface area (Å²) < 4.78 is 59.0. The molecule has 0 spiro atoms. The van der Waals surface area contributed by atoms with E-state index in [1.165, 1.54) is 54.4 Å². The summed E-state index contributed by atoms with van der Waals surface area (Å²) in [4.78, 5) is 54.4. The monoisotopic (exact) mass is 802 g/mol. The van der Waals surface area contributed by atoms with Gasteiger partial charge >= 0.3 is 18.3 Å². The highest BCUT2D eigenvalue weighted by atomic mass is 19.3. The Morgan fingerprint density at radius 1 is 0.982 bits per heavy atom. The highest BCUT2D eigenvalue weighted by Gasteiger charge is 2.37. The number of amides is 2. The van der Waals surface area contributed by atoms with Gasteiger partial charge in [0.15, 0.2) is 6.61 Å². The molecule has 312 valence electrons. The SMILES string of the molecule is C[C@@H](CC(F)(F)COc1cc(N(C(=O)OC(C)(C)C)c2cc([C@H]3CC[C@@H](OC(=O)Oc4ccc([N+](=O)[O-])cc4)C3)nn2C(C)(C)C)ccn1)NC(=O)OC(C)(C)C. The molecule has 4 rings (SSSR count). The number of nitro groups is 1. The molecule has 16 nitrogen and oxygen atoms in total. The molecule has 0 aliphatic heterocycles. The van der Waals surface area contributed by atoms with Crippen LogP contribution in [0.5, 0.6) is 11.6 Å². The lowest BCUT2D eigenvalue weighted by Gasteiger charge is -2.30. The molecule has 0 bridgehead atoms. The third-order valence-electron chi connectivity index (χ3n) is 8.24. The summed E-state index contributed by atoms with van der Waals surface area (Å²) in [5.74, 6) is -3.33. The molecule has 3 atom stereocenters. The molecule has 0 radical (unpaired) electrons. The van der Waals surface area contributed by atoms with Crippen molar-refractivity contribution in [2.45, 2.75) is 136 Å². The topological polar surface area (TPSA) is 186 Å². The number of carbonyl (C=O) groups is 3. The fourth-order valence-corrected chi connectivity index (χ4v) is 5.95. The number of nitrogens with one attached hydrogen (secondary N) is 1. The number of hydrogen-bond donors (Lipinski definition) is 1. The zero-order valence-electron chi connectivity index (χ0n) is 34.0. The number of benzene rings is 1. The second kappa shape index (κ2) is 17.3. The Morgan fingerprint density at radius 2 is 1.63 bits per heavy atom. The Kier molecular flexibility index (Phi) is 13.4. The number of nitrogens with zero attached hydrogens (tertiary/aromatic N) is 5. The minimum absolute atomic E-state index is 0.0940. The first-order chi connectivity index (χ1) is 26.3. The highest BCUT2D eigenvalue weighted by molar-refractivity contribution is 5.95. The normalized spacial score (nSPS) is 16.6. The molecule has 1 aliphatic carbocycles. The Hall–Kier alpha value is -5.55. The Balaban J connectivity index is 1.54. The minimum atomic E-state index is -3.37. The minimum Gasteiger partial charge on any atom is -0.471 e. The van der Waals surface area contributed by atoms with Crippen LogP contribution in [0.25, 0.3) is 0 Å². The second-order valence-electron chi connectivity index (χ2n) is 16.9. The average Bonchev–Trinajstić information content (AvgIpc) is 3.70. The van der Waals surface area contributed by atoms with Gasteiger partial charge in [-0.25, -0.2) is 37.7 Å². The van der Waals surface area contributed by atoms with Crippen molar-refractivity contribution in [3.63, 3.8) is 0 Å². The Morgan fingerprint density at radius 3 is 2.23 bits per heavy atom. The number of non-ortho nitro benzene ring substituents is 1. The van der Waals surface area contributed by atoms with Crippen molar-refractivity contribution in [2.75, 3.05) is 11.5 Å². The van der Waals surface area contributed by atoms with Crippen molar-refractivity contribution < 1.29 is 51.8 Å². The van der Waals surface area contributed by atoms with Gasteiger partial charge in [-0.3, -0.25) is 10.1 Å². The number of nitro benzene ring substituents is 1. The molecule has 1 aliphatic rings. The van der Waals surface area contributed by atoms with Gasteiger partial charge in [0, 0.05) is 48.8 Å². The van der Waals surface area contributed by atoms with Crippen LogP contribution in [0.3, 0.4) is 0 Å². The first kappa shape index (κ1) is 44.2. The maximum atomic E-state index is 15.1. The standard InChI is InChI=1S/C39H52F2N6O10/c1-24(43-33(48)56-37(5,6)7)22-39(40,41)23-53-31-20-27(17-18-42-31)45(34(49)57-38(8,9)10)32-21-30(44-46(32)36(2,3)4)25-11-14-29(19-25)55-35(50)54-28-15-12-26(13-16-28)47(51)52/h12-13,15-18,20-21,24-25,29H,11,14,19,22-23H2,1-10H3,(H,43,48)/t24-,25-,29+/m0/s1. The summed E-state index contributed by atoms with van der Waals surface area (Å²) >= 11 is 0. The van der Waals surface area contributed by atoms with Gasteiger partial charge in [0.05, 0.1) is 21.8 Å². The average molecular weight is 803 g/mol. The predicted molar refractivity (Wildman–Crippen MR) is 204 cm³/mol. The molecule has 2 heterocycles. The molecule has 0 unspecified atom stereocenters. The van der Waals surface area contributed by atoms with Gasteiger partial charge < -0.3 is 29.0 Å². The number of anilines is 2. The maximum Gasteiger partial charge on any atom is 0.514 e. The summed E-state index contributed by atoms with van der Waals surface area (Å²) in [7, 11) is 0. The summed E-state index contributed by atoms with van der Waals surface area (Å²) in [5.41, 5.74) is -1.71. The van der Waals surface area contributed by atoms with Crippen molar-refractivity contribution in [1.29, 1.82) is 0 Å². The van der Waals surface area contributed by atoms with Crippen LogP contribution in [0.2, 0.25) is 0 Å². The molecule has 1 fully saturated rings. The fourth-order valence-electron chi connectivity index (χ4n) is 5.95. The summed E-state index contributed by atoms with van der Waals surface area (Å²) in [6.07, 6.45) is -0.983. The first-order valence-corrected chi connectivity index (χ1v) is 18.5. The lowest BCUT2D eigenvalue weighted by atomic mass is 10.0. The van der Waals surface area contributed by atoms with Crippen LogP contribution in [0.15, 0.2) is 48.7 Å². The van der Waals surface area contributed by atoms with Crippen LogP contribution in [-0.2, 0) is 19.7 Å². The molecular formula is C39H52F2N6O10. The van der Waals surface area contributed by atoms with Gasteiger partial charge in [-0.05, 0) is 107 Å². The van der Waals surface area contributed by atoms with Gasteiger partial charge in [-0.1, -0.05) is 0 Å². The third-order valence-corrected chi connectivity index (χ3v) is 8.24.